The number of para-hydroxylation sites is 1. The summed E-state index contributed by atoms with van der Waals surface area (Å²) in [5.74, 6) is 0.738. The van der Waals surface area contributed by atoms with Gasteiger partial charge in [0, 0.05) is 12.8 Å². The summed E-state index contributed by atoms with van der Waals surface area (Å²) >= 11 is 0. The molecule has 0 unspecified atom stereocenters. The van der Waals surface area contributed by atoms with E-state index in [2.05, 4.69) is 15.3 Å². The molecule has 6 nitrogen and oxygen atoms in total. The Morgan fingerprint density at radius 1 is 1.38 bits per heavy atom. The van der Waals surface area contributed by atoms with Gasteiger partial charge in [-0.15, -0.1) is 0 Å². The van der Waals surface area contributed by atoms with Crippen molar-refractivity contribution in [3.63, 3.8) is 0 Å². The molecule has 130 valence electrons. The Kier molecular flexibility index (Phi) is 6.49. The number of hydrogen-bond acceptors (Lipinski definition) is 4. The number of nitrogens with one attached hydrogen (secondary N) is 2. The number of amides is 1. The van der Waals surface area contributed by atoms with Crippen molar-refractivity contribution >= 4 is 16.8 Å². The Morgan fingerprint density at radius 2 is 2.12 bits per heavy atom. The highest BCUT2D eigenvalue weighted by molar-refractivity contribution is 5.77. The second-order valence-corrected chi connectivity index (χ2v) is 6.13. The Balaban J connectivity index is 1.90. The average Bonchev–Trinajstić information content (AvgIpc) is 2.59. The van der Waals surface area contributed by atoms with Crippen LogP contribution in [-0.4, -0.2) is 33.6 Å². The maximum absolute atomic E-state index is 12.0. The standard InChI is InChI=1S/C18H25N3O3/c1-3-12(2)15(11-22)20-17(23)10-6-9-16-19-14-8-5-4-7-13(14)18(24)21-16/h4-5,7-8,12,15,22H,3,6,9-11H2,1-2H3,(H,20,23)(H,19,21,24)/t12-,15+/m1/s1. The molecule has 24 heavy (non-hydrogen) atoms. The van der Waals surface area contributed by atoms with E-state index < -0.39 is 0 Å². The maximum atomic E-state index is 12.0. The van der Waals surface area contributed by atoms with E-state index in [1.54, 1.807) is 18.2 Å². The first kappa shape index (κ1) is 18.1. The zero-order chi connectivity index (χ0) is 17.5. The first-order valence-corrected chi connectivity index (χ1v) is 8.43. The zero-order valence-electron chi connectivity index (χ0n) is 14.2. The van der Waals surface area contributed by atoms with Crippen molar-refractivity contribution in [2.75, 3.05) is 6.61 Å². The van der Waals surface area contributed by atoms with Gasteiger partial charge in [-0.25, -0.2) is 4.98 Å². The molecule has 1 heterocycles. The summed E-state index contributed by atoms with van der Waals surface area (Å²) in [5.41, 5.74) is 0.509. The van der Waals surface area contributed by atoms with Crippen LogP contribution in [0.1, 0.15) is 38.9 Å². The predicted molar refractivity (Wildman–Crippen MR) is 93.8 cm³/mol. The van der Waals surface area contributed by atoms with Gasteiger partial charge in [0.2, 0.25) is 5.91 Å². The Bertz CT molecular complexity index is 742. The van der Waals surface area contributed by atoms with Gasteiger partial charge in [0.05, 0.1) is 23.6 Å². The number of carbonyl (C=O) groups is 1. The molecule has 3 N–H and O–H groups in total. The maximum Gasteiger partial charge on any atom is 0.258 e. The number of aryl methyl sites for hydroxylation is 1. The van der Waals surface area contributed by atoms with E-state index in [0.29, 0.717) is 36.0 Å². The van der Waals surface area contributed by atoms with Crippen LogP contribution in [0.5, 0.6) is 0 Å². The minimum Gasteiger partial charge on any atom is -0.394 e. The lowest BCUT2D eigenvalue weighted by molar-refractivity contribution is -0.122. The molecule has 0 spiro atoms. The van der Waals surface area contributed by atoms with E-state index >= 15 is 0 Å². The molecule has 0 fully saturated rings. The van der Waals surface area contributed by atoms with Crippen LogP contribution in [0.4, 0.5) is 0 Å². The molecule has 1 aromatic heterocycles. The van der Waals surface area contributed by atoms with Gasteiger partial charge in [0.1, 0.15) is 5.82 Å². The van der Waals surface area contributed by atoms with Crippen LogP contribution in [0.25, 0.3) is 10.9 Å². The second-order valence-electron chi connectivity index (χ2n) is 6.13. The first-order chi connectivity index (χ1) is 11.5. The third kappa shape index (κ3) is 4.64. The number of aromatic nitrogens is 2. The monoisotopic (exact) mass is 331 g/mol. The molecule has 0 saturated heterocycles. The Labute approximate surface area is 141 Å². The van der Waals surface area contributed by atoms with Gasteiger partial charge < -0.3 is 15.4 Å². The number of aliphatic hydroxyl groups is 1. The lowest BCUT2D eigenvalue weighted by Gasteiger charge is -2.22. The van der Waals surface area contributed by atoms with E-state index in [1.807, 2.05) is 19.9 Å². The van der Waals surface area contributed by atoms with Crippen molar-refractivity contribution in [1.29, 1.82) is 0 Å². The average molecular weight is 331 g/mol. The molecule has 0 aliphatic carbocycles. The molecule has 0 saturated carbocycles. The third-order valence-electron chi connectivity index (χ3n) is 4.35. The molecule has 1 amide bonds. The Morgan fingerprint density at radius 3 is 2.83 bits per heavy atom. The summed E-state index contributed by atoms with van der Waals surface area (Å²) in [5, 5.41) is 12.8. The topological polar surface area (TPSA) is 95.1 Å². The lowest BCUT2D eigenvalue weighted by atomic mass is 9.99. The summed E-state index contributed by atoms with van der Waals surface area (Å²) in [6.45, 7) is 3.98. The molecule has 6 heteroatoms. The first-order valence-electron chi connectivity index (χ1n) is 8.43. The number of fused-ring (bicyclic) bond motifs is 1. The Hall–Kier alpha value is -2.21. The number of aliphatic hydroxyl groups excluding tert-OH is 1. The number of benzene rings is 1. The molecular formula is C18H25N3O3. The fourth-order valence-corrected chi connectivity index (χ4v) is 2.60. The largest absolute Gasteiger partial charge is 0.394 e. The van der Waals surface area contributed by atoms with Gasteiger partial charge in [-0.1, -0.05) is 32.4 Å². The molecule has 0 bridgehead atoms. The van der Waals surface area contributed by atoms with Crippen LogP contribution in [-0.2, 0) is 11.2 Å². The third-order valence-corrected chi connectivity index (χ3v) is 4.35. The molecule has 1 aromatic carbocycles. The van der Waals surface area contributed by atoms with Crippen molar-refractivity contribution in [3.05, 3.63) is 40.4 Å². The van der Waals surface area contributed by atoms with Gasteiger partial charge in [-0.2, -0.15) is 0 Å². The van der Waals surface area contributed by atoms with Crippen molar-refractivity contribution in [2.45, 2.75) is 45.6 Å². The highest BCUT2D eigenvalue weighted by Crippen LogP contribution is 2.09. The summed E-state index contributed by atoms with van der Waals surface area (Å²) < 4.78 is 0. The summed E-state index contributed by atoms with van der Waals surface area (Å²) in [7, 11) is 0. The molecule has 0 aliphatic heterocycles. The molecular weight excluding hydrogens is 306 g/mol. The molecule has 2 aromatic rings. The number of hydrogen-bond donors (Lipinski definition) is 3. The zero-order valence-corrected chi connectivity index (χ0v) is 14.2. The number of H-pyrrole nitrogens is 1. The van der Waals surface area contributed by atoms with Crippen LogP contribution < -0.4 is 10.9 Å². The van der Waals surface area contributed by atoms with E-state index in [9.17, 15) is 14.7 Å². The molecule has 2 rings (SSSR count). The van der Waals surface area contributed by atoms with E-state index in [-0.39, 0.29) is 30.0 Å². The van der Waals surface area contributed by atoms with Crippen molar-refractivity contribution in [2.24, 2.45) is 5.92 Å². The normalized spacial score (nSPS) is 13.6. The van der Waals surface area contributed by atoms with Crippen LogP contribution in [0.15, 0.2) is 29.1 Å². The minimum absolute atomic E-state index is 0.0553. The SMILES string of the molecule is CC[C@@H](C)[C@H](CO)NC(=O)CCCc1nc2ccccc2c(=O)[nH]1. The second kappa shape index (κ2) is 8.59. The smallest absolute Gasteiger partial charge is 0.258 e. The quantitative estimate of drug-likeness (QED) is 0.687. The fourth-order valence-electron chi connectivity index (χ4n) is 2.60. The summed E-state index contributed by atoms with van der Waals surface area (Å²) in [4.78, 5) is 31.2. The van der Waals surface area contributed by atoms with Crippen LogP contribution in [0, 0.1) is 5.92 Å². The van der Waals surface area contributed by atoms with Crippen LogP contribution in [0.3, 0.4) is 0 Å². The summed E-state index contributed by atoms with van der Waals surface area (Å²) in [6, 6.07) is 6.98. The van der Waals surface area contributed by atoms with Gasteiger partial charge in [0.15, 0.2) is 0 Å². The van der Waals surface area contributed by atoms with Gasteiger partial charge >= 0.3 is 0 Å². The van der Waals surface area contributed by atoms with E-state index in [0.717, 1.165) is 6.42 Å². The lowest BCUT2D eigenvalue weighted by Crippen LogP contribution is -2.41. The summed E-state index contributed by atoms with van der Waals surface area (Å²) in [6.07, 6.45) is 2.35. The predicted octanol–water partition coefficient (Wildman–Crippen LogP) is 1.77. The van der Waals surface area contributed by atoms with Crippen LogP contribution in [0.2, 0.25) is 0 Å². The number of rotatable bonds is 8. The number of carbonyl (C=O) groups excluding carboxylic acids is 1. The number of aromatic amines is 1. The van der Waals surface area contributed by atoms with Gasteiger partial charge in [-0.3, -0.25) is 9.59 Å². The molecule has 0 aliphatic rings. The van der Waals surface area contributed by atoms with Crippen molar-refractivity contribution in [1.82, 2.24) is 15.3 Å². The van der Waals surface area contributed by atoms with E-state index in [1.165, 1.54) is 0 Å². The van der Waals surface area contributed by atoms with E-state index in [4.69, 9.17) is 0 Å². The minimum atomic E-state index is -0.207. The highest BCUT2D eigenvalue weighted by Gasteiger charge is 2.17. The van der Waals surface area contributed by atoms with Gasteiger partial charge in [-0.05, 0) is 24.5 Å². The molecule has 2 atom stereocenters. The van der Waals surface area contributed by atoms with Crippen molar-refractivity contribution in [3.8, 4) is 0 Å². The number of nitrogens with zero attached hydrogens (tertiary/aromatic N) is 1. The van der Waals surface area contributed by atoms with Crippen molar-refractivity contribution < 1.29 is 9.90 Å². The van der Waals surface area contributed by atoms with Crippen LogP contribution >= 0.6 is 0 Å². The highest BCUT2D eigenvalue weighted by atomic mass is 16.3. The fraction of sp³-hybridized carbons (Fsp3) is 0.500. The van der Waals surface area contributed by atoms with Gasteiger partial charge in [0.25, 0.3) is 5.56 Å². The molecule has 0 radical (unpaired) electrons.